The normalized spacial score (nSPS) is 16.0. The molecule has 43 heavy (non-hydrogen) atoms. The summed E-state index contributed by atoms with van der Waals surface area (Å²) in [7, 11) is 1.69. The Morgan fingerprint density at radius 2 is 1.67 bits per heavy atom. The molecule has 5 rings (SSSR count). The Labute approximate surface area is 254 Å². The SMILES string of the molecule is CC(=O)O[C@H](C[C@H](C(C)C)N(C)C(=O)C1(NC(=O)OCC2c3ccccc3-c3ccccc32)CC1)c1nc(C(N)=O)cs1. The first-order valence-electron chi connectivity index (χ1n) is 14.3. The molecular weight excluding hydrogens is 568 g/mol. The maximum absolute atomic E-state index is 13.8. The molecule has 2 aromatic carbocycles. The smallest absolute Gasteiger partial charge is 0.408 e. The molecule has 2 aliphatic rings. The summed E-state index contributed by atoms with van der Waals surface area (Å²) in [6.07, 6.45) is -0.169. The maximum atomic E-state index is 13.8. The van der Waals surface area contributed by atoms with Gasteiger partial charge in [-0.3, -0.25) is 14.4 Å². The van der Waals surface area contributed by atoms with Crippen molar-refractivity contribution >= 4 is 35.2 Å². The monoisotopic (exact) mass is 604 g/mol. The number of thiazole rings is 1. The molecule has 3 N–H and O–H groups in total. The summed E-state index contributed by atoms with van der Waals surface area (Å²) in [4.78, 5) is 56.2. The summed E-state index contributed by atoms with van der Waals surface area (Å²) in [5, 5.41) is 4.79. The van der Waals surface area contributed by atoms with Gasteiger partial charge in [-0.2, -0.15) is 0 Å². The van der Waals surface area contributed by atoms with Crippen LogP contribution in [0.5, 0.6) is 0 Å². The van der Waals surface area contributed by atoms with Gasteiger partial charge in [0.05, 0.1) is 0 Å². The van der Waals surface area contributed by atoms with E-state index >= 15 is 0 Å². The van der Waals surface area contributed by atoms with Gasteiger partial charge in [-0.15, -0.1) is 11.3 Å². The molecule has 0 unspecified atom stereocenters. The predicted octanol–water partition coefficient (Wildman–Crippen LogP) is 4.79. The number of carbonyl (C=O) groups excluding carboxylic acids is 4. The first-order chi connectivity index (χ1) is 20.5. The van der Waals surface area contributed by atoms with Crippen LogP contribution in [0.15, 0.2) is 53.9 Å². The predicted molar refractivity (Wildman–Crippen MR) is 161 cm³/mol. The Bertz CT molecular complexity index is 1500. The number of benzene rings is 2. The topological polar surface area (TPSA) is 141 Å². The van der Waals surface area contributed by atoms with Crippen LogP contribution in [0.2, 0.25) is 0 Å². The van der Waals surface area contributed by atoms with Crippen molar-refractivity contribution in [3.63, 3.8) is 0 Å². The molecule has 11 heteroatoms. The second kappa shape index (κ2) is 12.2. The van der Waals surface area contributed by atoms with E-state index in [2.05, 4.69) is 34.6 Å². The summed E-state index contributed by atoms with van der Waals surface area (Å²) < 4.78 is 11.3. The molecule has 226 valence electrons. The molecule has 1 saturated carbocycles. The molecule has 0 bridgehead atoms. The zero-order valence-corrected chi connectivity index (χ0v) is 25.5. The highest BCUT2D eigenvalue weighted by Crippen LogP contribution is 2.45. The Hall–Kier alpha value is -4.25. The molecule has 1 fully saturated rings. The summed E-state index contributed by atoms with van der Waals surface area (Å²) in [5.74, 6) is -1.53. The number of nitrogens with two attached hydrogens (primary N) is 1. The maximum Gasteiger partial charge on any atom is 0.408 e. The quantitative estimate of drug-likeness (QED) is 0.300. The van der Waals surface area contributed by atoms with E-state index < -0.39 is 29.6 Å². The van der Waals surface area contributed by atoms with Crippen molar-refractivity contribution in [2.45, 2.75) is 63.6 Å². The summed E-state index contributed by atoms with van der Waals surface area (Å²) in [6, 6.07) is 15.8. The van der Waals surface area contributed by atoms with Gasteiger partial charge in [0, 0.05) is 37.7 Å². The van der Waals surface area contributed by atoms with Crippen LogP contribution in [0, 0.1) is 5.92 Å². The van der Waals surface area contributed by atoms with Gasteiger partial charge < -0.3 is 25.4 Å². The van der Waals surface area contributed by atoms with Crippen molar-refractivity contribution in [2.24, 2.45) is 11.7 Å². The lowest BCUT2D eigenvalue weighted by molar-refractivity contribution is -0.148. The third kappa shape index (κ3) is 6.27. The van der Waals surface area contributed by atoms with Crippen LogP contribution in [0.25, 0.3) is 11.1 Å². The fraction of sp³-hybridized carbons (Fsp3) is 0.406. The van der Waals surface area contributed by atoms with Crippen LogP contribution in [-0.4, -0.2) is 59.0 Å². The van der Waals surface area contributed by atoms with Crippen LogP contribution in [0.3, 0.4) is 0 Å². The minimum atomic E-state index is -1.05. The first-order valence-corrected chi connectivity index (χ1v) is 15.2. The largest absolute Gasteiger partial charge is 0.455 e. The van der Waals surface area contributed by atoms with Crippen LogP contribution in [0.4, 0.5) is 4.79 Å². The number of amides is 3. The average molecular weight is 605 g/mol. The summed E-state index contributed by atoms with van der Waals surface area (Å²) in [5.41, 5.74) is 8.89. The van der Waals surface area contributed by atoms with Crippen molar-refractivity contribution in [2.75, 3.05) is 13.7 Å². The second-order valence-electron chi connectivity index (χ2n) is 11.5. The van der Waals surface area contributed by atoms with E-state index in [-0.39, 0.29) is 42.5 Å². The molecule has 0 spiro atoms. The number of hydrogen-bond donors (Lipinski definition) is 2. The van der Waals surface area contributed by atoms with E-state index in [1.165, 1.54) is 23.6 Å². The van der Waals surface area contributed by atoms with Crippen LogP contribution >= 0.6 is 11.3 Å². The van der Waals surface area contributed by atoms with Crippen molar-refractivity contribution in [3.05, 3.63) is 75.7 Å². The molecule has 0 aliphatic heterocycles. The number of ether oxygens (including phenoxy) is 2. The lowest BCUT2D eigenvalue weighted by Crippen LogP contribution is -2.53. The number of fused-ring (bicyclic) bond motifs is 3. The van der Waals surface area contributed by atoms with E-state index in [1.54, 1.807) is 11.9 Å². The molecule has 2 atom stereocenters. The fourth-order valence-corrected chi connectivity index (χ4v) is 6.73. The van der Waals surface area contributed by atoms with Gasteiger partial charge in [0.1, 0.15) is 22.8 Å². The Balaban J connectivity index is 1.25. The fourth-order valence-electron chi connectivity index (χ4n) is 5.88. The highest BCUT2D eigenvalue weighted by molar-refractivity contribution is 7.09. The molecule has 3 amide bonds. The molecule has 0 radical (unpaired) electrons. The summed E-state index contributed by atoms with van der Waals surface area (Å²) in [6.45, 7) is 5.38. The number of nitrogens with zero attached hydrogens (tertiary/aromatic N) is 2. The van der Waals surface area contributed by atoms with Crippen molar-refractivity contribution in [1.29, 1.82) is 0 Å². The number of likely N-dealkylation sites (N-methyl/N-ethyl adjacent to an activating group) is 1. The lowest BCUT2D eigenvalue weighted by atomic mass is 9.95. The number of hydrogen-bond acceptors (Lipinski definition) is 8. The molecule has 3 aromatic rings. The number of rotatable bonds is 11. The minimum absolute atomic E-state index is 0.0205. The number of primary amides is 1. The van der Waals surface area contributed by atoms with Crippen molar-refractivity contribution < 1.29 is 28.7 Å². The van der Waals surface area contributed by atoms with Crippen LogP contribution < -0.4 is 11.1 Å². The first kappa shape index (κ1) is 30.2. The number of alkyl carbamates (subject to hydrolysis) is 1. The molecule has 1 aromatic heterocycles. The Morgan fingerprint density at radius 3 is 2.19 bits per heavy atom. The van der Waals surface area contributed by atoms with Crippen molar-refractivity contribution in [3.8, 4) is 11.1 Å². The van der Waals surface area contributed by atoms with Crippen LogP contribution in [0.1, 0.15) is 78.7 Å². The van der Waals surface area contributed by atoms with Gasteiger partial charge in [0.15, 0.2) is 6.10 Å². The van der Waals surface area contributed by atoms with Gasteiger partial charge in [0.25, 0.3) is 5.91 Å². The highest BCUT2D eigenvalue weighted by Gasteiger charge is 2.54. The number of carbonyl (C=O) groups is 4. The van der Waals surface area contributed by atoms with Gasteiger partial charge in [0.2, 0.25) is 5.91 Å². The molecular formula is C32H36N4O6S. The number of esters is 1. The zero-order chi connectivity index (χ0) is 30.9. The zero-order valence-electron chi connectivity index (χ0n) is 24.7. The van der Waals surface area contributed by atoms with Crippen molar-refractivity contribution in [1.82, 2.24) is 15.2 Å². The van der Waals surface area contributed by atoms with Crippen LogP contribution in [-0.2, 0) is 19.1 Å². The second-order valence-corrected chi connectivity index (χ2v) is 12.4. The lowest BCUT2D eigenvalue weighted by Gasteiger charge is -2.35. The molecule has 10 nitrogen and oxygen atoms in total. The van der Waals surface area contributed by atoms with E-state index in [9.17, 15) is 19.2 Å². The van der Waals surface area contributed by atoms with Gasteiger partial charge in [-0.25, -0.2) is 9.78 Å². The molecule has 1 heterocycles. The van der Waals surface area contributed by atoms with E-state index in [0.29, 0.717) is 17.8 Å². The number of aromatic nitrogens is 1. The minimum Gasteiger partial charge on any atom is -0.455 e. The third-order valence-corrected chi connectivity index (χ3v) is 9.18. The average Bonchev–Trinajstić information content (AvgIpc) is 3.44. The Kier molecular flexibility index (Phi) is 8.55. The van der Waals surface area contributed by atoms with E-state index in [1.807, 2.05) is 38.1 Å². The molecule has 0 saturated heterocycles. The van der Waals surface area contributed by atoms with E-state index in [0.717, 1.165) is 22.3 Å². The highest BCUT2D eigenvalue weighted by atomic mass is 32.1. The number of nitrogens with one attached hydrogen (secondary N) is 1. The van der Waals surface area contributed by atoms with E-state index in [4.69, 9.17) is 15.2 Å². The standard InChI is InChI=1S/C32H36N4O6S/c1-18(2)26(15-27(42-19(3)37)29-34-25(17-43-29)28(33)38)36(4)30(39)32(13-14-32)35-31(40)41-16-24-22-11-7-5-9-20(22)21-10-6-8-12-23(21)24/h5-12,17-18,24,26-27H,13-16H2,1-4H3,(H2,33,38)(H,35,40)/t26-,27-/m1/s1. The summed E-state index contributed by atoms with van der Waals surface area (Å²) >= 11 is 1.17. The Morgan fingerprint density at radius 1 is 1.07 bits per heavy atom. The van der Waals surface area contributed by atoms with Gasteiger partial charge >= 0.3 is 12.1 Å². The molecule has 2 aliphatic carbocycles. The van der Waals surface area contributed by atoms with Gasteiger partial charge in [-0.05, 0) is 41.0 Å². The third-order valence-electron chi connectivity index (χ3n) is 8.25. The van der Waals surface area contributed by atoms with Gasteiger partial charge in [-0.1, -0.05) is 62.4 Å².